The van der Waals surface area contributed by atoms with Gasteiger partial charge in [0.25, 0.3) is 0 Å². The monoisotopic (exact) mass is 401 g/mol. The number of halogens is 3. The average molecular weight is 402 g/mol. The number of ether oxygens (including phenoxy) is 2. The third kappa shape index (κ3) is 6.38. The minimum atomic E-state index is -0.859. The van der Waals surface area contributed by atoms with Gasteiger partial charge in [0.1, 0.15) is 0 Å². The Kier molecular flexibility index (Phi) is 8.00. The van der Waals surface area contributed by atoms with E-state index in [1.54, 1.807) is 19.1 Å². The lowest BCUT2D eigenvalue weighted by atomic mass is 10.3. The van der Waals surface area contributed by atoms with Crippen LogP contribution < -0.4 is 10.1 Å². The van der Waals surface area contributed by atoms with E-state index in [1.807, 2.05) is 12.1 Å². The van der Waals surface area contributed by atoms with Gasteiger partial charge in [-0.2, -0.15) is 0 Å². The van der Waals surface area contributed by atoms with Crippen LogP contribution in [0.15, 0.2) is 41.3 Å². The van der Waals surface area contributed by atoms with Crippen molar-refractivity contribution in [3.63, 3.8) is 0 Å². The molecule has 0 radical (unpaired) electrons. The van der Waals surface area contributed by atoms with Gasteiger partial charge in [0.05, 0.1) is 6.61 Å². The first kappa shape index (κ1) is 20.3. The van der Waals surface area contributed by atoms with Crippen LogP contribution in [0.4, 0.5) is 14.5 Å². The first-order valence-corrected chi connectivity index (χ1v) is 9.25. The van der Waals surface area contributed by atoms with Crippen LogP contribution in [0.2, 0.25) is 5.02 Å². The summed E-state index contributed by atoms with van der Waals surface area (Å²) in [6.07, 6.45) is 0. The van der Waals surface area contributed by atoms with Crippen molar-refractivity contribution < 1.29 is 23.0 Å². The highest BCUT2D eigenvalue weighted by Crippen LogP contribution is 2.28. The van der Waals surface area contributed by atoms with E-state index >= 15 is 0 Å². The Bertz CT molecular complexity index is 721. The molecule has 0 aliphatic carbocycles. The second-order valence-corrected chi connectivity index (χ2v) is 6.70. The summed E-state index contributed by atoms with van der Waals surface area (Å²) in [5.74, 6) is -2.38. The number of anilines is 1. The van der Waals surface area contributed by atoms with Crippen molar-refractivity contribution in [3.8, 4) is 5.75 Å². The summed E-state index contributed by atoms with van der Waals surface area (Å²) in [5.41, 5.74) is 0.912. The van der Waals surface area contributed by atoms with Gasteiger partial charge in [-0.3, -0.25) is 0 Å². The van der Waals surface area contributed by atoms with Crippen molar-refractivity contribution in [1.82, 2.24) is 0 Å². The molecule has 0 atom stereocenters. The van der Waals surface area contributed by atoms with E-state index in [1.165, 1.54) is 23.9 Å². The number of hydrogen-bond acceptors (Lipinski definition) is 5. The molecule has 4 nitrogen and oxygen atoms in total. The molecule has 0 bridgehead atoms. The van der Waals surface area contributed by atoms with Gasteiger partial charge in [0, 0.05) is 27.9 Å². The molecule has 8 heteroatoms. The summed E-state index contributed by atoms with van der Waals surface area (Å²) in [6.45, 7) is 1.87. The summed E-state index contributed by atoms with van der Waals surface area (Å²) in [7, 11) is 0. The number of rotatable bonds is 9. The van der Waals surface area contributed by atoms with Crippen LogP contribution in [0, 0.1) is 11.6 Å². The minimum absolute atomic E-state index is 0.173. The molecule has 1 N–H and O–H groups in total. The number of hydrogen-bond donors (Lipinski definition) is 1. The Balaban J connectivity index is 1.84. The molecule has 0 aromatic heterocycles. The van der Waals surface area contributed by atoms with Crippen LogP contribution in [0.25, 0.3) is 0 Å². The molecule has 0 amide bonds. The van der Waals surface area contributed by atoms with Gasteiger partial charge >= 0.3 is 5.97 Å². The molecule has 0 fully saturated rings. The third-order valence-corrected chi connectivity index (χ3v) is 4.38. The van der Waals surface area contributed by atoms with Crippen molar-refractivity contribution in [1.29, 1.82) is 0 Å². The quantitative estimate of drug-likeness (QED) is 0.373. The molecule has 0 heterocycles. The summed E-state index contributed by atoms with van der Waals surface area (Å²) in [6, 6.07) is 9.60. The highest BCUT2D eigenvalue weighted by molar-refractivity contribution is 7.99. The zero-order valence-corrected chi connectivity index (χ0v) is 15.6. The van der Waals surface area contributed by atoms with E-state index in [9.17, 15) is 13.6 Å². The Morgan fingerprint density at radius 3 is 2.46 bits per heavy atom. The smallest absolute Gasteiger partial charge is 0.344 e. The van der Waals surface area contributed by atoms with Gasteiger partial charge in [-0.15, -0.1) is 11.8 Å². The summed E-state index contributed by atoms with van der Waals surface area (Å²) >= 11 is 7.11. The van der Waals surface area contributed by atoms with E-state index in [4.69, 9.17) is 16.3 Å². The van der Waals surface area contributed by atoms with Crippen LogP contribution in [0.3, 0.4) is 0 Å². The van der Waals surface area contributed by atoms with Crippen LogP contribution in [-0.2, 0) is 9.53 Å². The highest BCUT2D eigenvalue weighted by atomic mass is 35.5. The van der Waals surface area contributed by atoms with Gasteiger partial charge in [0.2, 0.25) is 0 Å². The summed E-state index contributed by atoms with van der Waals surface area (Å²) in [5, 5.41) is 3.84. The number of esters is 1. The van der Waals surface area contributed by atoms with Gasteiger partial charge in [-0.1, -0.05) is 11.6 Å². The first-order valence-electron chi connectivity index (χ1n) is 7.89. The second-order valence-electron chi connectivity index (χ2n) is 5.09. The SMILES string of the molecule is CCOC(=O)COc1c(F)cc(SCCNc2ccc(Cl)cc2)cc1F. The Labute approximate surface area is 159 Å². The molecule has 140 valence electrons. The zero-order chi connectivity index (χ0) is 18.9. The Morgan fingerprint density at radius 1 is 1.19 bits per heavy atom. The second kappa shape index (κ2) is 10.2. The number of benzene rings is 2. The summed E-state index contributed by atoms with van der Waals surface area (Å²) < 4.78 is 37.5. The standard InChI is InChI=1S/C18H18ClF2NO3S/c1-2-24-17(23)11-25-18-15(20)9-14(10-16(18)21)26-8-7-22-13-5-3-12(19)4-6-13/h3-6,9-10,22H,2,7-8,11H2,1H3. The van der Waals surface area contributed by atoms with E-state index < -0.39 is 30.0 Å². The lowest BCUT2D eigenvalue weighted by Gasteiger charge is -2.10. The van der Waals surface area contributed by atoms with Crippen LogP contribution in [0.5, 0.6) is 5.75 Å². The van der Waals surface area contributed by atoms with Crippen molar-refractivity contribution in [2.45, 2.75) is 11.8 Å². The topological polar surface area (TPSA) is 47.6 Å². The van der Waals surface area contributed by atoms with Gasteiger partial charge in [-0.25, -0.2) is 13.6 Å². The molecule has 0 saturated heterocycles. The van der Waals surface area contributed by atoms with Crippen LogP contribution in [0.1, 0.15) is 6.92 Å². The van der Waals surface area contributed by atoms with Crippen molar-refractivity contribution >= 4 is 35.0 Å². The van der Waals surface area contributed by atoms with Gasteiger partial charge < -0.3 is 14.8 Å². The largest absolute Gasteiger partial charge is 0.476 e. The lowest BCUT2D eigenvalue weighted by molar-refractivity contribution is -0.145. The lowest BCUT2D eigenvalue weighted by Crippen LogP contribution is -2.15. The first-order chi connectivity index (χ1) is 12.5. The molecule has 0 unspecified atom stereocenters. The number of carbonyl (C=O) groups is 1. The predicted octanol–water partition coefficient (Wildman–Crippen LogP) is 4.76. The van der Waals surface area contributed by atoms with Crippen LogP contribution in [-0.4, -0.2) is 31.5 Å². The van der Waals surface area contributed by atoms with E-state index in [-0.39, 0.29) is 6.61 Å². The number of carbonyl (C=O) groups excluding carboxylic acids is 1. The zero-order valence-electron chi connectivity index (χ0n) is 14.1. The molecule has 0 saturated carbocycles. The fourth-order valence-corrected chi connectivity index (χ4v) is 2.96. The molecule has 2 rings (SSSR count). The third-order valence-electron chi connectivity index (χ3n) is 3.16. The predicted molar refractivity (Wildman–Crippen MR) is 99.2 cm³/mol. The van der Waals surface area contributed by atoms with Crippen LogP contribution >= 0.6 is 23.4 Å². The minimum Gasteiger partial charge on any atom is -0.476 e. The molecule has 2 aromatic carbocycles. The molecule has 26 heavy (non-hydrogen) atoms. The maximum Gasteiger partial charge on any atom is 0.344 e. The molecular formula is C18H18ClF2NO3S. The Hall–Kier alpha value is -1.99. The maximum atomic E-state index is 14.0. The normalized spacial score (nSPS) is 10.5. The molecule has 0 aliphatic heterocycles. The average Bonchev–Trinajstić information content (AvgIpc) is 2.60. The van der Waals surface area contributed by atoms with E-state index in [2.05, 4.69) is 10.1 Å². The Morgan fingerprint density at radius 2 is 1.85 bits per heavy atom. The molecule has 2 aromatic rings. The maximum absolute atomic E-state index is 14.0. The summed E-state index contributed by atoms with van der Waals surface area (Å²) in [4.78, 5) is 11.6. The molecule has 0 spiro atoms. The fraction of sp³-hybridized carbons (Fsp3) is 0.278. The van der Waals surface area contributed by atoms with Gasteiger partial charge in [0.15, 0.2) is 24.0 Å². The molecule has 0 aliphatic rings. The van der Waals surface area contributed by atoms with E-state index in [0.29, 0.717) is 22.2 Å². The number of nitrogens with one attached hydrogen (secondary N) is 1. The van der Waals surface area contributed by atoms with Crippen molar-refractivity contribution in [2.75, 3.05) is 30.8 Å². The fourth-order valence-electron chi connectivity index (χ4n) is 2.02. The van der Waals surface area contributed by atoms with Crippen molar-refractivity contribution in [3.05, 3.63) is 53.1 Å². The van der Waals surface area contributed by atoms with Gasteiger partial charge in [-0.05, 0) is 43.3 Å². The molecular weight excluding hydrogens is 384 g/mol. The van der Waals surface area contributed by atoms with Crippen molar-refractivity contribution in [2.24, 2.45) is 0 Å². The number of thioether (sulfide) groups is 1. The van der Waals surface area contributed by atoms with E-state index in [0.717, 1.165) is 5.69 Å². The highest BCUT2D eigenvalue weighted by Gasteiger charge is 2.15.